The predicted molar refractivity (Wildman–Crippen MR) is 97.9 cm³/mol. The summed E-state index contributed by atoms with van der Waals surface area (Å²) in [5.74, 6) is -0.148. The number of hydrogen-bond acceptors (Lipinski definition) is 6. The number of aliphatic imine (C=N–C) groups is 1. The SMILES string of the molecule is C=C/C(=C\N=C)NS(=O)(=O)c1cc(C(=O)N2CCOCC2)ccc1OC. The van der Waals surface area contributed by atoms with E-state index in [9.17, 15) is 13.2 Å². The molecule has 2 rings (SSSR count). The highest BCUT2D eigenvalue weighted by Crippen LogP contribution is 2.26. The van der Waals surface area contributed by atoms with E-state index >= 15 is 0 Å². The average molecular weight is 379 g/mol. The molecule has 1 N–H and O–H groups in total. The zero-order chi connectivity index (χ0) is 19.2. The first-order chi connectivity index (χ1) is 12.4. The molecule has 1 heterocycles. The van der Waals surface area contributed by atoms with Crippen LogP contribution in [0.15, 0.2) is 52.6 Å². The molecule has 0 unspecified atom stereocenters. The first kappa shape index (κ1) is 19.7. The van der Waals surface area contributed by atoms with Gasteiger partial charge < -0.3 is 14.4 Å². The molecule has 26 heavy (non-hydrogen) atoms. The lowest BCUT2D eigenvalue weighted by Gasteiger charge is -2.27. The van der Waals surface area contributed by atoms with Crippen molar-refractivity contribution in [3.8, 4) is 5.75 Å². The molecular formula is C17H21N3O5S. The van der Waals surface area contributed by atoms with Crippen LogP contribution in [-0.2, 0) is 14.8 Å². The lowest BCUT2D eigenvalue weighted by Crippen LogP contribution is -2.40. The minimum atomic E-state index is -4.02. The Morgan fingerprint density at radius 2 is 2.08 bits per heavy atom. The van der Waals surface area contributed by atoms with E-state index in [1.54, 1.807) is 4.90 Å². The molecular weight excluding hydrogens is 358 g/mol. The number of allylic oxidation sites excluding steroid dienone is 1. The van der Waals surface area contributed by atoms with Crippen LogP contribution in [-0.4, -0.2) is 59.4 Å². The Kier molecular flexibility index (Phi) is 6.53. The molecule has 0 saturated carbocycles. The summed E-state index contributed by atoms with van der Waals surface area (Å²) >= 11 is 0. The van der Waals surface area contributed by atoms with Gasteiger partial charge in [-0.05, 0) is 31.0 Å². The van der Waals surface area contributed by atoms with Gasteiger partial charge in [-0.15, -0.1) is 0 Å². The van der Waals surface area contributed by atoms with Crippen molar-refractivity contribution in [3.63, 3.8) is 0 Å². The van der Waals surface area contributed by atoms with Crippen LogP contribution in [0.25, 0.3) is 0 Å². The normalized spacial score (nSPS) is 15.3. The maximum absolute atomic E-state index is 12.7. The van der Waals surface area contributed by atoms with Crippen LogP contribution in [0.5, 0.6) is 5.75 Å². The molecule has 1 amide bonds. The van der Waals surface area contributed by atoms with Gasteiger partial charge in [0.25, 0.3) is 15.9 Å². The molecule has 0 atom stereocenters. The maximum Gasteiger partial charge on any atom is 0.265 e. The summed E-state index contributed by atoms with van der Waals surface area (Å²) in [6.07, 6.45) is 2.52. The summed E-state index contributed by atoms with van der Waals surface area (Å²) in [5.41, 5.74) is 0.394. The monoisotopic (exact) mass is 379 g/mol. The second-order valence-electron chi connectivity index (χ2n) is 5.35. The van der Waals surface area contributed by atoms with E-state index in [-0.39, 0.29) is 27.8 Å². The van der Waals surface area contributed by atoms with E-state index < -0.39 is 10.0 Å². The van der Waals surface area contributed by atoms with E-state index in [1.807, 2.05) is 0 Å². The summed E-state index contributed by atoms with van der Waals surface area (Å²) in [5, 5.41) is 0. The summed E-state index contributed by atoms with van der Waals surface area (Å²) < 4.78 is 38.1. The average Bonchev–Trinajstić information content (AvgIpc) is 2.67. The number of rotatable bonds is 7. The van der Waals surface area contributed by atoms with Crippen LogP contribution >= 0.6 is 0 Å². The molecule has 0 aliphatic carbocycles. The highest BCUT2D eigenvalue weighted by Gasteiger charge is 2.24. The smallest absolute Gasteiger partial charge is 0.265 e. The molecule has 1 aromatic rings. The number of benzene rings is 1. The lowest BCUT2D eigenvalue weighted by atomic mass is 10.2. The predicted octanol–water partition coefficient (Wildman–Crippen LogP) is 1.17. The van der Waals surface area contributed by atoms with Gasteiger partial charge in [0.2, 0.25) is 0 Å². The Hall–Kier alpha value is -2.65. The Morgan fingerprint density at radius 3 is 2.65 bits per heavy atom. The van der Waals surface area contributed by atoms with Gasteiger partial charge in [0.1, 0.15) is 10.6 Å². The highest BCUT2D eigenvalue weighted by atomic mass is 32.2. The number of carbonyl (C=O) groups is 1. The van der Waals surface area contributed by atoms with Gasteiger partial charge in [-0.2, -0.15) is 0 Å². The highest BCUT2D eigenvalue weighted by molar-refractivity contribution is 7.89. The molecule has 1 saturated heterocycles. The van der Waals surface area contributed by atoms with Crippen molar-refractivity contribution in [1.29, 1.82) is 0 Å². The number of amides is 1. The molecule has 1 fully saturated rings. The number of nitrogens with one attached hydrogen (secondary N) is 1. The standard InChI is InChI=1S/C17H21N3O5S/c1-4-14(12-18-2)19-26(22,23)16-11-13(5-6-15(16)24-3)17(21)20-7-9-25-10-8-20/h4-6,11-12,19H,1-2,7-10H2,3H3/b14-12+. The van der Waals surface area contributed by atoms with E-state index in [0.29, 0.717) is 26.3 Å². The maximum atomic E-state index is 12.7. The van der Waals surface area contributed by atoms with E-state index in [4.69, 9.17) is 9.47 Å². The Morgan fingerprint density at radius 1 is 1.38 bits per heavy atom. The molecule has 1 aliphatic heterocycles. The van der Waals surface area contributed by atoms with Crippen LogP contribution in [0.3, 0.4) is 0 Å². The minimum Gasteiger partial charge on any atom is -0.495 e. The molecule has 0 bridgehead atoms. The molecule has 0 aromatic heterocycles. The minimum absolute atomic E-state index is 0.117. The molecule has 8 nitrogen and oxygen atoms in total. The third-order valence-electron chi connectivity index (χ3n) is 3.70. The zero-order valence-corrected chi connectivity index (χ0v) is 15.3. The first-order valence-electron chi connectivity index (χ1n) is 7.79. The Bertz CT molecular complexity index is 827. The molecule has 0 radical (unpaired) electrons. The fraction of sp³-hybridized carbons (Fsp3) is 0.294. The van der Waals surface area contributed by atoms with Gasteiger partial charge in [-0.3, -0.25) is 14.5 Å². The van der Waals surface area contributed by atoms with Crippen molar-refractivity contribution < 1.29 is 22.7 Å². The molecule has 140 valence electrons. The van der Waals surface area contributed by atoms with Gasteiger partial charge in [-0.25, -0.2) is 8.42 Å². The summed E-state index contributed by atoms with van der Waals surface area (Å²) in [6, 6.07) is 4.28. The van der Waals surface area contributed by atoms with Crippen molar-refractivity contribution in [1.82, 2.24) is 9.62 Å². The van der Waals surface area contributed by atoms with Crippen molar-refractivity contribution >= 4 is 22.6 Å². The third kappa shape index (κ3) is 4.50. The number of sulfonamides is 1. The quantitative estimate of drug-likeness (QED) is 0.567. The molecule has 1 aromatic carbocycles. The number of nitrogens with zero attached hydrogens (tertiary/aromatic N) is 2. The third-order valence-corrected chi connectivity index (χ3v) is 5.10. The van der Waals surface area contributed by atoms with E-state index in [0.717, 1.165) is 0 Å². The van der Waals surface area contributed by atoms with Crippen molar-refractivity contribution in [2.75, 3.05) is 33.4 Å². The van der Waals surface area contributed by atoms with E-state index in [2.05, 4.69) is 23.0 Å². The largest absolute Gasteiger partial charge is 0.495 e. The second-order valence-corrected chi connectivity index (χ2v) is 7.00. The summed E-state index contributed by atoms with van der Waals surface area (Å²) in [6.45, 7) is 8.63. The van der Waals surface area contributed by atoms with Crippen LogP contribution in [0.4, 0.5) is 0 Å². The first-order valence-corrected chi connectivity index (χ1v) is 9.27. The second kappa shape index (κ2) is 8.63. The van der Waals surface area contributed by atoms with Crippen molar-refractivity contribution in [2.24, 2.45) is 4.99 Å². The number of carbonyl (C=O) groups excluding carboxylic acids is 1. The number of methoxy groups -OCH3 is 1. The lowest BCUT2D eigenvalue weighted by molar-refractivity contribution is 0.0302. The van der Waals surface area contributed by atoms with Gasteiger partial charge >= 0.3 is 0 Å². The van der Waals surface area contributed by atoms with Crippen LogP contribution in [0.2, 0.25) is 0 Å². The Balaban J connectivity index is 2.40. The van der Waals surface area contributed by atoms with E-state index in [1.165, 1.54) is 37.6 Å². The van der Waals surface area contributed by atoms with Gasteiger partial charge in [0.15, 0.2) is 0 Å². The molecule has 9 heteroatoms. The van der Waals surface area contributed by atoms with Crippen LogP contribution in [0, 0.1) is 0 Å². The van der Waals surface area contributed by atoms with Gasteiger partial charge in [0, 0.05) is 18.7 Å². The van der Waals surface area contributed by atoms with Gasteiger partial charge in [-0.1, -0.05) is 6.58 Å². The van der Waals surface area contributed by atoms with Crippen LogP contribution in [0.1, 0.15) is 10.4 Å². The topological polar surface area (TPSA) is 97.3 Å². The van der Waals surface area contributed by atoms with Crippen LogP contribution < -0.4 is 9.46 Å². The molecule has 1 aliphatic rings. The van der Waals surface area contributed by atoms with Crippen molar-refractivity contribution in [3.05, 3.63) is 48.3 Å². The zero-order valence-electron chi connectivity index (χ0n) is 14.5. The number of ether oxygens (including phenoxy) is 2. The molecule has 0 spiro atoms. The number of hydrogen-bond donors (Lipinski definition) is 1. The number of morpholine rings is 1. The van der Waals surface area contributed by atoms with Gasteiger partial charge in [0.05, 0.1) is 32.2 Å². The fourth-order valence-electron chi connectivity index (χ4n) is 2.40. The summed E-state index contributed by atoms with van der Waals surface area (Å²) in [7, 11) is -2.67. The fourth-order valence-corrected chi connectivity index (χ4v) is 3.65. The van der Waals surface area contributed by atoms with Crippen molar-refractivity contribution in [2.45, 2.75) is 4.90 Å². The Labute approximate surface area is 152 Å². The summed E-state index contributed by atoms with van der Waals surface area (Å²) in [4.78, 5) is 17.6.